The minimum atomic E-state index is 0. The van der Waals surface area contributed by atoms with Gasteiger partial charge in [-0.25, -0.2) is 0 Å². The van der Waals surface area contributed by atoms with Crippen LogP contribution in [-0.2, 0) is 20.1 Å². The molecule has 3 nitrogen and oxygen atoms in total. The number of fused-ring (bicyclic) bond motifs is 3. The maximum absolute atomic E-state index is 4.68. The van der Waals surface area contributed by atoms with Crippen LogP contribution in [0.5, 0.6) is 0 Å². The number of para-hydroxylation sites is 3. The summed E-state index contributed by atoms with van der Waals surface area (Å²) in [5.74, 6) is 0. The van der Waals surface area contributed by atoms with Crippen molar-refractivity contribution < 1.29 is 20.1 Å². The maximum Gasteiger partial charge on any atom is 3.00 e. The quantitative estimate of drug-likeness (QED) is 0.166. The van der Waals surface area contributed by atoms with Crippen LogP contribution in [0.4, 0.5) is 0 Å². The van der Waals surface area contributed by atoms with Crippen molar-refractivity contribution >= 4 is 32.7 Å². The Morgan fingerprint density at radius 1 is 0.346 bits per heavy atom. The zero-order chi connectivity index (χ0) is 35.0. The van der Waals surface area contributed by atoms with Crippen LogP contribution in [0.1, 0.15) is 16.7 Å². The van der Waals surface area contributed by atoms with E-state index in [9.17, 15) is 0 Å². The minimum absolute atomic E-state index is 0. The number of aryl methyl sites for hydroxylation is 3. The minimum Gasteiger partial charge on any atom is -0.296 e. The molecule has 0 unspecified atom stereocenters. The molecule has 0 aliphatic heterocycles. The second-order valence-electron chi connectivity index (χ2n) is 12.4. The van der Waals surface area contributed by atoms with E-state index in [2.05, 4.69) is 109 Å². The Hall–Kier alpha value is -5.80. The zero-order valence-corrected chi connectivity index (χ0v) is 31.7. The Balaban J connectivity index is 0.000000133. The normalized spacial score (nSPS) is 10.4. The van der Waals surface area contributed by atoms with Crippen molar-refractivity contribution in [2.24, 2.45) is 0 Å². The van der Waals surface area contributed by atoms with Gasteiger partial charge in [0.25, 0.3) is 0 Å². The van der Waals surface area contributed by atoms with Crippen LogP contribution in [0.25, 0.3) is 66.5 Å². The van der Waals surface area contributed by atoms with Gasteiger partial charge in [0.1, 0.15) is 0 Å². The monoisotopic (exact) mass is 847 g/mol. The molecule has 0 radical (unpaired) electrons. The van der Waals surface area contributed by atoms with Gasteiger partial charge in [0.15, 0.2) is 0 Å². The van der Waals surface area contributed by atoms with Gasteiger partial charge >= 0.3 is 20.1 Å². The molecule has 6 aromatic carbocycles. The summed E-state index contributed by atoms with van der Waals surface area (Å²) < 4.78 is 0. The summed E-state index contributed by atoms with van der Waals surface area (Å²) >= 11 is 0. The molecule has 9 aromatic rings. The maximum atomic E-state index is 4.68. The van der Waals surface area contributed by atoms with Crippen LogP contribution >= 0.6 is 0 Å². The van der Waals surface area contributed by atoms with E-state index in [4.69, 9.17) is 0 Å². The number of pyridine rings is 3. The molecule has 9 rings (SSSR count). The van der Waals surface area contributed by atoms with Gasteiger partial charge in [0, 0.05) is 16.2 Å². The summed E-state index contributed by atoms with van der Waals surface area (Å²) in [5, 5.41) is 3.64. The Morgan fingerprint density at radius 3 is 0.885 bits per heavy atom. The molecule has 0 fully saturated rings. The van der Waals surface area contributed by atoms with Gasteiger partial charge in [-0.15, -0.1) is 108 Å². The first-order valence-electron chi connectivity index (χ1n) is 17.0. The number of rotatable bonds is 3. The van der Waals surface area contributed by atoms with Crippen LogP contribution in [0.2, 0.25) is 0 Å². The third kappa shape index (κ3) is 8.38. The van der Waals surface area contributed by atoms with Crippen LogP contribution < -0.4 is 0 Å². The van der Waals surface area contributed by atoms with E-state index < -0.39 is 0 Å². The van der Waals surface area contributed by atoms with Gasteiger partial charge in [-0.2, -0.15) is 0 Å². The molecule has 0 saturated carbocycles. The van der Waals surface area contributed by atoms with E-state index in [0.717, 1.165) is 50.3 Å². The van der Waals surface area contributed by atoms with Crippen molar-refractivity contribution in [2.75, 3.05) is 0 Å². The van der Waals surface area contributed by atoms with Gasteiger partial charge in [0.2, 0.25) is 0 Å². The first kappa shape index (κ1) is 36.0. The molecule has 4 heteroatoms. The van der Waals surface area contributed by atoms with Crippen molar-refractivity contribution in [1.82, 2.24) is 15.0 Å². The van der Waals surface area contributed by atoms with Gasteiger partial charge in [-0.1, -0.05) is 72.8 Å². The molecule has 0 aliphatic carbocycles. The molecular formula is C48H36IrN3. The molecule has 0 atom stereocenters. The molecule has 0 amide bonds. The van der Waals surface area contributed by atoms with E-state index in [1.165, 1.54) is 32.8 Å². The Morgan fingerprint density at radius 2 is 0.615 bits per heavy atom. The third-order valence-electron chi connectivity index (χ3n) is 8.72. The molecule has 0 bridgehead atoms. The van der Waals surface area contributed by atoms with Gasteiger partial charge < -0.3 is 0 Å². The van der Waals surface area contributed by atoms with Crippen LogP contribution in [0, 0.1) is 39.0 Å². The van der Waals surface area contributed by atoms with Crippen LogP contribution in [0.15, 0.2) is 164 Å². The van der Waals surface area contributed by atoms with Crippen molar-refractivity contribution in [1.29, 1.82) is 0 Å². The largest absolute Gasteiger partial charge is 3.00 e. The van der Waals surface area contributed by atoms with Crippen molar-refractivity contribution in [2.45, 2.75) is 20.8 Å². The summed E-state index contributed by atoms with van der Waals surface area (Å²) in [7, 11) is 0. The topological polar surface area (TPSA) is 38.7 Å². The van der Waals surface area contributed by atoms with Gasteiger partial charge in [-0.3, -0.25) is 15.0 Å². The van der Waals surface area contributed by atoms with Crippen molar-refractivity contribution in [3.05, 3.63) is 199 Å². The number of hydrogen-bond acceptors (Lipinski definition) is 3. The summed E-state index contributed by atoms with van der Waals surface area (Å²) in [4.78, 5) is 14.0. The number of nitrogens with zero attached hydrogens (tertiary/aromatic N) is 3. The first-order valence-corrected chi connectivity index (χ1v) is 17.0. The molecule has 3 heterocycles. The summed E-state index contributed by atoms with van der Waals surface area (Å²) in [6.45, 7) is 6.36. The second-order valence-corrected chi connectivity index (χ2v) is 12.4. The van der Waals surface area contributed by atoms with E-state index >= 15 is 0 Å². The van der Waals surface area contributed by atoms with E-state index in [-0.39, 0.29) is 20.1 Å². The fourth-order valence-corrected chi connectivity index (χ4v) is 6.12. The zero-order valence-electron chi connectivity index (χ0n) is 29.3. The number of aromatic nitrogens is 3. The SMILES string of the molecule is Cc1cc(-c2[c-]cccc2)nc2ccccc12.Cc1cc(-c2[c-]cccc2)nc2ccccc12.Cc1cc(-c2[c-]cccc2)nc2ccccc12.[Ir+3]. The fourth-order valence-electron chi connectivity index (χ4n) is 6.12. The van der Waals surface area contributed by atoms with Crippen LogP contribution in [-0.4, -0.2) is 15.0 Å². The summed E-state index contributed by atoms with van der Waals surface area (Å²) in [6.07, 6.45) is 0. The summed E-state index contributed by atoms with van der Waals surface area (Å²) in [6, 6.07) is 64.5. The number of hydrogen-bond donors (Lipinski definition) is 0. The fraction of sp³-hybridized carbons (Fsp3) is 0.0625. The smallest absolute Gasteiger partial charge is 0.296 e. The molecule has 0 aliphatic rings. The molecule has 3 aromatic heterocycles. The molecule has 0 spiro atoms. The molecule has 52 heavy (non-hydrogen) atoms. The Bertz CT molecular complexity index is 2260. The average Bonchev–Trinajstić information content (AvgIpc) is 3.19. The average molecular weight is 847 g/mol. The second kappa shape index (κ2) is 16.9. The van der Waals surface area contributed by atoms with Crippen LogP contribution in [0.3, 0.4) is 0 Å². The Kier molecular flexibility index (Phi) is 11.7. The van der Waals surface area contributed by atoms with E-state index in [1.807, 2.05) is 109 Å². The third-order valence-corrected chi connectivity index (χ3v) is 8.72. The predicted octanol–water partition coefficient (Wildman–Crippen LogP) is 12.0. The molecular weight excluding hydrogens is 811 g/mol. The van der Waals surface area contributed by atoms with E-state index in [1.54, 1.807) is 0 Å². The standard InChI is InChI=1S/3C16H12N.Ir/c3*1-12-11-16(13-7-3-2-4-8-13)17-15-10-6-5-9-14(12)15;/h3*2-7,9-11H,1H3;/q3*-1;+3. The Labute approximate surface area is 319 Å². The van der Waals surface area contributed by atoms with Gasteiger partial charge in [0.05, 0.1) is 16.6 Å². The predicted molar refractivity (Wildman–Crippen MR) is 212 cm³/mol. The molecule has 0 saturated heterocycles. The van der Waals surface area contributed by atoms with Crippen molar-refractivity contribution in [3.8, 4) is 33.8 Å². The summed E-state index contributed by atoms with van der Waals surface area (Å²) in [5.41, 5.74) is 13.0. The van der Waals surface area contributed by atoms with E-state index in [0.29, 0.717) is 0 Å². The van der Waals surface area contributed by atoms with Crippen molar-refractivity contribution in [3.63, 3.8) is 0 Å². The van der Waals surface area contributed by atoms with Gasteiger partial charge in [-0.05, 0) is 72.7 Å². The number of benzene rings is 6. The molecule has 252 valence electrons. The molecule has 0 N–H and O–H groups in total. The first-order chi connectivity index (χ1) is 25.0.